The highest BCUT2D eigenvalue weighted by Gasteiger charge is 2.28. The van der Waals surface area contributed by atoms with Gasteiger partial charge in [0.1, 0.15) is 0 Å². The number of thiophene rings is 1. The molecule has 0 fully saturated rings. The Hall–Kier alpha value is -1.04. The van der Waals surface area contributed by atoms with Crippen molar-refractivity contribution in [2.45, 2.75) is 12.6 Å². The van der Waals surface area contributed by atoms with Gasteiger partial charge in [-0.15, -0.1) is 11.3 Å². The van der Waals surface area contributed by atoms with Crippen molar-refractivity contribution in [3.05, 3.63) is 21.9 Å². The van der Waals surface area contributed by atoms with E-state index in [0.717, 1.165) is 11.3 Å². The van der Waals surface area contributed by atoms with Crippen molar-refractivity contribution in [2.75, 3.05) is 7.11 Å². The fourth-order valence-electron chi connectivity index (χ4n) is 0.896. The van der Waals surface area contributed by atoms with Crippen LogP contribution in [0.25, 0.3) is 0 Å². The Morgan fingerprint density at radius 3 is 2.71 bits per heavy atom. The predicted molar refractivity (Wildman–Crippen MR) is 45.4 cm³/mol. The number of rotatable bonds is 2. The van der Waals surface area contributed by atoms with Gasteiger partial charge < -0.3 is 4.74 Å². The van der Waals surface area contributed by atoms with E-state index in [-0.39, 0.29) is 10.4 Å². The molecule has 1 rings (SSSR count). The normalized spacial score (nSPS) is 11.4. The number of esters is 1. The van der Waals surface area contributed by atoms with E-state index in [4.69, 9.17) is 0 Å². The van der Waals surface area contributed by atoms with E-state index in [9.17, 15) is 18.0 Å². The van der Waals surface area contributed by atoms with E-state index < -0.39 is 18.6 Å². The molecule has 0 saturated heterocycles. The number of hydrogen-bond acceptors (Lipinski definition) is 3. The second-order valence-corrected chi connectivity index (χ2v) is 3.58. The molecule has 1 heterocycles. The van der Waals surface area contributed by atoms with Gasteiger partial charge in [0, 0.05) is 10.3 Å². The van der Waals surface area contributed by atoms with Crippen molar-refractivity contribution in [3.63, 3.8) is 0 Å². The Kier molecular flexibility index (Phi) is 3.15. The summed E-state index contributed by atoms with van der Waals surface area (Å²) in [6, 6.07) is 1.20. The van der Waals surface area contributed by atoms with Crippen LogP contribution in [0.15, 0.2) is 11.4 Å². The van der Waals surface area contributed by atoms with E-state index in [0.29, 0.717) is 0 Å². The summed E-state index contributed by atoms with van der Waals surface area (Å²) in [5, 5.41) is 1.35. The third-order valence-corrected chi connectivity index (χ3v) is 2.39. The fourth-order valence-corrected chi connectivity index (χ4v) is 1.78. The standard InChI is InChI=1S/C8H7F3O2S/c1-13-7(12)5-2-6(14-4-5)3-8(9,10)11/h2,4H,3H2,1H3. The summed E-state index contributed by atoms with van der Waals surface area (Å²) < 4.78 is 40.1. The lowest BCUT2D eigenvalue weighted by Crippen LogP contribution is -2.10. The number of methoxy groups -OCH3 is 1. The van der Waals surface area contributed by atoms with Crippen molar-refractivity contribution in [1.29, 1.82) is 0 Å². The van der Waals surface area contributed by atoms with Gasteiger partial charge in [0.05, 0.1) is 19.1 Å². The Morgan fingerprint density at radius 2 is 2.21 bits per heavy atom. The van der Waals surface area contributed by atoms with E-state index in [2.05, 4.69) is 4.74 Å². The summed E-state index contributed by atoms with van der Waals surface area (Å²) in [5.74, 6) is -0.616. The molecule has 0 saturated carbocycles. The molecule has 0 atom stereocenters. The molecule has 0 unspecified atom stereocenters. The Morgan fingerprint density at radius 1 is 1.57 bits per heavy atom. The molecular weight excluding hydrogens is 217 g/mol. The Bertz CT molecular complexity index is 330. The molecule has 0 N–H and O–H groups in total. The molecule has 14 heavy (non-hydrogen) atoms. The van der Waals surface area contributed by atoms with Crippen LogP contribution in [-0.4, -0.2) is 19.3 Å². The molecule has 0 aliphatic carbocycles. The molecule has 0 aliphatic rings. The number of ether oxygens (including phenoxy) is 1. The van der Waals surface area contributed by atoms with Gasteiger partial charge in [0.2, 0.25) is 0 Å². The second kappa shape index (κ2) is 4.00. The SMILES string of the molecule is COC(=O)c1csc(CC(F)(F)F)c1. The first-order valence-electron chi connectivity index (χ1n) is 3.65. The summed E-state index contributed by atoms with van der Waals surface area (Å²) in [5.41, 5.74) is 0.164. The predicted octanol–water partition coefficient (Wildman–Crippen LogP) is 2.64. The van der Waals surface area contributed by atoms with Crippen LogP contribution >= 0.6 is 11.3 Å². The topological polar surface area (TPSA) is 26.3 Å². The second-order valence-electron chi connectivity index (χ2n) is 2.59. The fraction of sp³-hybridized carbons (Fsp3) is 0.375. The number of alkyl halides is 3. The van der Waals surface area contributed by atoms with Crippen LogP contribution in [0.1, 0.15) is 15.2 Å². The number of carbonyl (C=O) groups excluding carboxylic acids is 1. The van der Waals surface area contributed by atoms with Crippen LogP contribution in [0.5, 0.6) is 0 Å². The van der Waals surface area contributed by atoms with Gasteiger partial charge >= 0.3 is 12.1 Å². The van der Waals surface area contributed by atoms with Crippen molar-refractivity contribution in [1.82, 2.24) is 0 Å². The Labute approximate surface area is 82.3 Å². The van der Waals surface area contributed by atoms with Crippen molar-refractivity contribution < 1.29 is 22.7 Å². The van der Waals surface area contributed by atoms with Crippen LogP contribution < -0.4 is 0 Å². The maximum Gasteiger partial charge on any atom is 0.393 e. The first kappa shape index (κ1) is 11.0. The minimum Gasteiger partial charge on any atom is -0.465 e. The van der Waals surface area contributed by atoms with E-state index in [1.165, 1.54) is 18.6 Å². The third kappa shape index (κ3) is 3.02. The minimum atomic E-state index is -4.24. The smallest absolute Gasteiger partial charge is 0.393 e. The monoisotopic (exact) mass is 224 g/mol. The highest BCUT2D eigenvalue weighted by Crippen LogP contribution is 2.25. The summed E-state index contributed by atoms with van der Waals surface area (Å²) in [6.07, 6.45) is -5.24. The zero-order valence-electron chi connectivity index (χ0n) is 7.22. The lowest BCUT2D eigenvalue weighted by molar-refractivity contribution is -0.126. The quantitative estimate of drug-likeness (QED) is 0.722. The van der Waals surface area contributed by atoms with Crippen LogP contribution in [0.2, 0.25) is 0 Å². The maximum absolute atomic E-state index is 11.9. The van der Waals surface area contributed by atoms with Crippen LogP contribution in [-0.2, 0) is 11.2 Å². The van der Waals surface area contributed by atoms with E-state index in [1.807, 2.05) is 0 Å². The largest absolute Gasteiger partial charge is 0.465 e. The average molecular weight is 224 g/mol. The highest BCUT2D eigenvalue weighted by atomic mass is 32.1. The number of halogens is 3. The zero-order valence-corrected chi connectivity index (χ0v) is 8.04. The molecule has 0 aromatic carbocycles. The summed E-state index contributed by atoms with van der Waals surface area (Å²) >= 11 is 0.899. The lowest BCUT2D eigenvalue weighted by Gasteiger charge is -2.02. The molecule has 0 radical (unpaired) electrons. The number of carbonyl (C=O) groups is 1. The molecule has 0 bridgehead atoms. The maximum atomic E-state index is 11.9. The van der Waals surface area contributed by atoms with Crippen LogP contribution in [0.3, 0.4) is 0 Å². The molecule has 1 aromatic heterocycles. The summed E-state index contributed by atoms with van der Waals surface area (Å²) in [4.78, 5) is 11.0. The van der Waals surface area contributed by atoms with Gasteiger partial charge in [-0.05, 0) is 6.07 Å². The zero-order chi connectivity index (χ0) is 10.8. The molecular formula is C8H7F3O2S. The van der Waals surface area contributed by atoms with Gasteiger partial charge in [-0.2, -0.15) is 13.2 Å². The van der Waals surface area contributed by atoms with E-state index >= 15 is 0 Å². The lowest BCUT2D eigenvalue weighted by atomic mass is 10.2. The molecule has 2 nitrogen and oxygen atoms in total. The Balaban J connectivity index is 2.74. The summed E-state index contributed by atoms with van der Waals surface area (Å²) in [6.45, 7) is 0. The van der Waals surface area contributed by atoms with Gasteiger partial charge in [0.15, 0.2) is 0 Å². The minimum absolute atomic E-state index is 0.109. The summed E-state index contributed by atoms with van der Waals surface area (Å²) in [7, 11) is 1.18. The molecule has 1 aromatic rings. The van der Waals surface area contributed by atoms with Gasteiger partial charge in [-0.1, -0.05) is 0 Å². The first-order chi connectivity index (χ1) is 6.42. The van der Waals surface area contributed by atoms with Gasteiger partial charge in [-0.3, -0.25) is 0 Å². The molecule has 0 aliphatic heterocycles. The number of hydrogen-bond donors (Lipinski definition) is 0. The molecule has 6 heteroatoms. The van der Waals surface area contributed by atoms with Crippen molar-refractivity contribution in [3.8, 4) is 0 Å². The highest BCUT2D eigenvalue weighted by molar-refractivity contribution is 7.10. The average Bonchev–Trinajstić information content (AvgIpc) is 2.48. The van der Waals surface area contributed by atoms with Gasteiger partial charge in [0.25, 0.3) is 0 Å². The first-order valence-corrected chi connectivity index (χ1v) is 4.53. The van der Waals surface area contributed by atoms with Crippen LogP contribution in [0, 0.1) is 0 Å². The van der Waals surface area contributed by atoms with Gasteiger partial charge in [-0.25, -0.2) is 4.79 Å². The third-order valence-electron chi connectivity index (χ3n) is 1.45. The molecule has 0 amide bonds. The van der Waals surface area contributed by atoms with Crippen molar-refractivity contribution >= 4 is 17.3 Å². The van der Waals surface area contributed by atoms with E-state index in [1.54, 1.807) is 0 Å². The molecule has 0 spiro atoms. The van der Waals surface area contributed by atoms with Crippen molar-refractivity contribution in [2.24, 2.45) is 0 Å². The molecule has 78 valence electrons. The van der Waals surface area contributed by atoms with Crippen LogP contribution in [0.4, 0.5) is 13.2 Å².